The maximum atomic E-state index is 14.0. The van der Waals surface area contributed by atoms with Crippen LogP contribution in [0, 0.1) is 17.1 Å². The fraction of sp³-hybridized carbons (Fsp3) is 0.167. The zero-order chi connectivity index (χ0) is 26.3. The molecule has 0 radical (unpaired) electrons. The van der Waals surface area contributed by atoms with Gasteiger partial charge in [0, 0.05) is 36.0 Å². The van der Waals surface area contributed by atoms with Gasteiger partial charge in [-0.15, -0.1) is 0 Å². The van der Waals surface area contributed by atoms with Gasteiger partial charge in [0.05, 0.1) is 18.9 Å². The third kappa shape index (κ3) is 5.64. The molecule has 5 rings (SSSR count). The van der Waals surface area contributed by atoms with Gasteiger partial charge in [0.15, 0.2) is 0 Å². The third-order valence-corrected chi connectivity index (χ3v) is 6.17. The lowest BCUT2D eigenvalue weighted by atomic mass is 10.1. The Bertz CT molecular complexity index is 1500. The number of carbonyl (C=O) groups is 1. The maximum Gasteiger partial charge on any atom is 0.264 e. The number of amides is 1. The SMILES string of the molecule is N#CC(=Cc1cn(-c2ccccc2)nc1-c1cccc(OCc2ccccc2F)c1)C(=O)N1CCOCC1. The Balaban J connectivity index is 1.50. The summed E-state index contributed by atoms with van der Waals surface area (Å²) in [7, 11) is 0. The highest BCUT2D eigenvalue weighted by molar-refractivity contribution is 6.02. The molecule has 1 aliphatic rings. The zero-order valence-corrected chi connectivity index (χ0v) is 20.6. The van der Waals surface area contributed by atoms with Crippen LogP contribution in [0.2, 0.25) is 0 Å². The van der Waals surface area contributed by atoms with Crippen molar-refractivity contribution in [3.63, 3.8) is 0 Å². The van der Waals surface area contributed by atoms with Crippen LogP contribution in [0.25, 0.3) is 23.0 Å². The first-order valence-electron chi connectivity index (χ1n) is 12.2. The molecular weight excluding hydrogens is 483 g/mol. The van der Waals surface area contributed by atoms with Crippen LogP contribution in [-0.4, -0.2) is 46.9 Å². The molecule has 0 saturated carbocycles. The number of hydrogen-bond acceptors (Lipinski definition) is 5. The van der Waals surface area contributed by atoms with Gasteiger partial charge in [-0.1, -0.05) is 48.5 Å². The van der Waals surface area contributed by atoms with E-state index in [1.165, 1.54) is 6.07 Å². The van der Waals surface area contributed by atoms with Crippen LogP contribution in [0.3, 0.4) is 0 Å². The van der Waals surface area contributed by atoms with Crippen LogP contribution in [-0.2, 0) is 16.1 Å². The van der Waals surface area contributed by atoms with Crippen LogP contribution in [0.5, 0.6) is 5.75 Å². The van der Waals surface area contributed by atoms with E-state index in [1.807, 2.05) is 48.5 Å². The first-order chi connectivity index (χ1) is 18.6. The van der Waals surface area contributed by atoms with Crippen LogP contribution >= 0.6 is 0 Å². The number of nitriles is 1. The third-order valence-electron chi connectivity index (χ3n) is 6.17. The van der Waals surface area contributed by atoms with Crippen molar-refractivity contribution < 1.29 is 18.7 Å². The average Bonchev–Trinajstić information content (AvgIpc) is 3.40. The first kappa shape index (κ1) is 24.9. The Morgan fingerprint density at radius 2 is 1.82 bits per heavy atom. The molecule has 0 atom stereocenters. The minimum absolute atomic E-state index is 0.0210. The summed E-state index contributed by atoms with van der Waals surface area (Å²) in [4.78, 5) is 14.7. The molecule has 7 nitrogen and oxygen atoms in total. The number of hydrogen-bond donors (Lipinski definition) is 0. The van der Waals surface area contributed by atoms with Crippen LogP contribution < -0.4 is 4.74 Å². The van der Waals surface area contributed by atoms with Crippen molar-refractivity contribution in [1.29, 1.82) is 5.26 Å². The standard InChI is InChI=1S/C30H25FN4O3/c31-28-12-5-4-7-23(28)21-38-27-11-6-8-22(18-27)29-25(20-35(33-29)26-9-2-1-3-10-26)17-24(19-32)30(36)34-13-15-37-16-14-34/h1-12,17-18,20H,13-16,21H2. The molecule has 1 amide bonds. The molecule has 0 unspecified atom stereocenters. The summed E-state index contributed by atoms with van der Waals surface area (Å²) in [6.45, 7) is 1.85. The normalized spacial score (nSPS) is 13.7. The molecule has 38 heavy (non-hydrogen) atoms. The second kappa shape index (κ2) is 11.5. The van der Waals surface area contributed by atoms with Gasteiger partial charge in [-0.05, 0) is 36.4 Å². The maximum absolute atomic E-state index is 14.0. The molecular formula is C30H25FN4O3. The van der Waals surface area contributed by atoms with E-state index in [9.17, 15) is 14.4 Å². The smallest absolute Gasteiger partial charge is 0.264 e. The zero-order valence-electron chi connectivity index (χ0n) is 20.6. The second-order valence-electron chi connectivity index (χ2n) is 8.70. The number of morpholine rings is 1. The highest BCUT2D eigenvalue weighted by Crippen LogP contribution is 2.29. The van der Waals surface area contributed by atoms with Gasteiger partial charge in [0.2, 0.25) is 0 Å². The lowest BCUT2D eigenvalue weighted by molar-refractivity contribution is -0.130. The van der Waals surface area contributed by atoms with Gasteiger partial charge >= 0.3 is 0 Å². The highest BCUT2D eigenvalue weighted by Gasteiger charge is 2.22. The van der Waals surface area contributed by atoms with Crippen LogP contribution in [0.15, 0.2) is 90.6 Å². The summed E-state index contributed by atoms with van der Waals surface area (Å²) < 4.78 is 27.0. The largest absolute Gasteiger partial charge is 0.489 e. The number of rotatable bonds is 7. The fourth-order valence-electron chi connectivity index (χ4n) is 4.17. The van der Waals surface area contributed by atoms with Crippen LogP contribution in [0.4, 0.5) is 4.39 Å². The van der Waals surface area contributed by atoms with E-state index in [-0.39, 0.29) is 23.9 Å². The molecule has 2 heterocycles. The number of benzene rings is 3. The number of aromatic nitrogens is 2. The van der Waals surface area contributed by atoms with Gasteiger partial charge in [-0.25, -0.2) is 9.07 Å². The summed E-state index contributed by atoms with van der Waals surface area (Å²) in [5.74, 6) is -0.123. The molecule has 1 fully saturated rings. The lowest BCUT2D eigenvalue weighted by Crippen LogP contribution is -2.41. The van der Waals surface area contributed by atoms with E-state index in [2.05, 4.69) is 6.07 Å². The van der Waals surface area contributed by atoms with Crippen molar-refractivity contribution in [2.45, 2.75) is 6.61 Å². The predicted molar refractivity (Wildman–Crippen MR) is 141 cm³/mol. The van der Waals surface area contributed by atoms with Crippen molar-refractivity contribution in [2.75, 3.05) is 26.3 Å². The molecule has 4 aromatic rings. The van der Waals surface area contributed by atoms with Gasteiger partial charge in [0.1, 0.15) is 35.5 Å². The molecule has 1 aromatic heterocycles. The Kier molecular flexibility index (Phi) is 7.57. The van der Waals surface area contributed by atoms with E-state index >= 15 is 0 Å². The highest BCUT2D eigenvalue weighted by atomic mass is 19.1. The molecule has 0 spiro atoms. The molecule has 0 N–H and O–H groups in total. The summed E-state index contributed by atoms with van der Waals surface area (Å²) in [5.41, 5.74) is 3.22. The Morgan fingerprint density at radius 1 is 1.05 bits per heavy atom. The number of halogens is 1. The van der Waals surface area contributed by atoms with E-state index in [0.717, 1.165) is 11.3 Å². The van der Waals surface area contributed by atoms with Gasteiger partial charge < -0.3 is 14.4 Å². The Labute approximate surface area is 220 Å². The monoisotopic (exact) mass is 508 g/mol. The van der Waals surface area contributed by atoms with Crippen molar-refractivity contribution in [3.8, 4) is 28.8 Å². The van der Waals surface area contributed by atoms with E-state index in [0.29, 0.717) is 48.9 Å². The molecule has 1 saturated heterocycles. The molecule has 0 bridgehead atoms. The number of carbonyl (C=O) groups excluding carboxylic acids is 1. The van der Waals surface area contributed by atoms with Crippen LogP contribution in [0.1, 0.15) is 11.1 Å². The van der Waals surface area contributed by atoms with E-state index in [1.54, 1.807) is 46.1 Å². The molecule has 0 aliphatic carbocycles. The number of nitrogens with zero attached hydrogens (tertiary/aromatic N) is 4. The van der Waals surface area contributed by atoms with Crippen molar-refractivity contribution in [3.05, 3.63) is 108 Å². The molecule has 190 valence electrons. The number of ether oxygens (including phenoxy) is 2. The van der Waals surface area contributed by atoms with Crippen molar-refractivity contribution in [1.82, 2.24) is 14.7 Å². The molecule has 3 aromatic carbocycles. The second-order valence-corrected chi connectivity index (χ2v) is 8.70. The Morgan fingerprint density at radius 3 is 2.58 bits per heavy atom. The molecule has 8 heteroatoms. The van der Waals surface area contributed by atoms with Crippen molar-refractivity contribution in [2.24, 2.45) is 0 Å². The topological polar surface area (TPSA) is 80.4 Å². The fourth-order valence-corrected chi connectivity index (χ4v) is 4.17. The Hall–Kier alpha value is -4.74. The van der Waals surface area contributed by atoms with E-state index < -0.39 is 0 Å². The van der Waals surface area contributed by atoms with Gasteiger partial charge in [-0.2, -0.15) is 10.4 Å². The average molecular weight is 509 g/mol. The number of para-hydroxylation sites is 1. The lowest BCUT2D eigenvalue weighted by Gasteiger charge is -2.26. The van der Waals surface area contributed by atoms with E-state index in [4.69, 9.17) is 14.6 Å². The minimum Gasteiger partial charge on any atom is -0.489 e. The summed E-state index contributed by atoms with van der Waals surface area (Å²) in [5, 5.41) is 14.6. The quantitative estimate of drug-likeness (QED) is 0.259. The summed E-state index contributed by atoms with van der Waals surface area (Å²) in [6, 6.07) is 25.4. The summed E-state index contributed by atoms with van der Waals surface area (Å²) >= 11 is 0. The first-order valence-corrected chi connectivity index (χ1v) is 12.2. The van der Waals surface area contributed by atoms with Gasteiger partial charge in [-0.3, -0.25) is 4.79 Å². The predicted octanol–water partition coefficient (Wildman–Crippen LogP) is 5.02. The van der Waals surface area contributed by atoms with Gasteiger partial charge in [0.25, 0.3) is 5.91 Å². The van der Waals surface area contributed by atoms with Crippen molar-refractivity contribution >= 4 is 12.0 Å². The summed E-state index contributed by atoms with van der Waals surface area (Å²) in [6.07, 6.45) is 3.37. The molecule has 1 aliphatic heterocycles. The minimum atomic E-state index is -0.337.